The SMILES string of the molecule is OCCN(CCO)c1ccc(-c2nnccc2-c2ccncc2)cc1. The Kier molecular flexibility index (Phi) is 5.66. The highest BCUT2D eigenvalue weighted by atomic mass is 16.3. The van der Waals surface area contributed by atoms with Crippen molar-refractivity contribution in [3.63, 3.8) is 0 Å². The third-order valence-corrected chi connectivity index (χ3v) is 3.96. The van der Waals surface area contributed by atoms with E-state index < -0.39 is 0 Å². The molecule has 0 bridgehead atoms. The summed E-state index contributed by atoms with van der Waals surface area (Å²) >= 11 is 0. The Morgan fingerprint density at radius 2 is 1.44 bits per heavy atom. The minimum atomic E-state index is 0.0398. The summed E-state index contributed by atoms with van der Waals surface area (Å²) in [7, 11) is 0. The molecule has 6 nitrogen and oxygen atoms in total. The number of hydrogen-bond donors (Lipinski definition) is 2. The number of nitrogens with zero attached hydrogens (tertiary/aromatic N) is 4. The lowest BCUT2D eigenvalue weighted by atomic mass is 10.0. The minimum Gasteiger partial charge on any atom is -0.395 e. The summed E-state index contributed by atoms with van der Waals surface area (Å²) in [6, 6.07) is 13.7. The number of benzene rings is 1. The Hall–Kier alpha value is -2.83. The van der Waals surface area contributed by atoms with Crippen LogP contribution >= 0.6 is 0 Å². The second-order valence-corrected chi connectivity index (χ2v) is 5.51. The quantitative estimate of drug-likeness (QED) is 0.687. The van der Waals surface area contributed by atoms with Gasteiger partial charge in [0.15, 0.2) is 0 Å². The van der Waals surface area contributed by atoms with Crippen LogP contribution in [0.25, 0.3) is 22.4 Å². The molecule has 3 rings (SSSR count). The third kappa shape index (κ3) is 3.99. The zero-order chi connectivity index (χ0) is 17.5. The maximum atomic E-state index is 9.17. The molecule has 0 spiro atoms. The van der Waals surface area contributed by atoms with Crippen molar-refractivity contribution in [1.29, 1.82) is 0 Å². The van der Waals surface area contributed by atoms with E-state index in [1.54, 1.807) is 18.6 Å². The summed E-state index contributed by atoms with van der Waals surface area (Å²) < 4.78 is 0. The van der Waals surface area contributed by atoms with E-state index in [9.17, 15) is 10.2 Å². The zero-order valence-corrected chi connectivity index (χ0v) is 13.8. The van der Waals surface area contributed by atoms with Crippen LogP contribution in [0.1, 0.15) is 0 Å². The highest BCUT2D eigenvalue weighted by Gasteiger charge is 2.11. The lowest BCUT2D eigenvalue weighted by molar-refractivity contribution is 0.281. The minimum absolute atomic E-state index is 0.0398. The van der Waals surface area contributed by atoms with Crippen LogP contribution in [0.15, 0.2) is 61.1 Å². The Bertz CT molecular complexity index is 788. The van der Waals surface area contributed by atoms with Crippen molar-refractivity contribution in [3.8, 4) is 22.4 Å². The van der Waals surface area contributed by atoms with Gasteiger partial charge in [0.05, 0.1) is 19.4 Å². The van der Waals surface area contributed by atoms with Crippen LogP contribution in [-0.4, -0.2) is 51.7 Å². The number of pyridine rings is 1. The van der Waals surface area contributed by atoms with Crippen molar-refractivity contribution in [2.75, 3.05) is 31.2 Å². The fourth-order valence-corrected chi connectivity index (χ4v) is 2.75. The fourth-order valence-electron chi connectivity index (χ4n) is 2.75. The van der Waals surface area contributed by atoms with Crippen molar-refractivity contribution < 1.29 is 10.2 Å². The lowest BCUT2D eigenvalue weighted by Crippen LogP contribution is -2.29. The van der Waals surface area contributed by atoms with Crippen LogP contribution in [-0.2, 0) is 0 Å². The fraction of sp³-hybridized carbons (Fsp3) is 0.211. The van der Waals surface area contributed by atoms with Gasteiger partial charge in [-0.15, -0.1) is 5.10 Å². The van der Waals surface area contributed by atoms with E-state index in [0.29, 0.717) is 13.1 Å². The average molecular weight is 336 g/mol. The van der Waals surface area contributed by atoms with E-state index in [0.717, 1.165) is 28.1 Å². The molecule has 2 heterocycles. The lowest BCUT2D eigenvalue weighted by Gasteiger charge is -2.23. The Labute approximate surface area is 146 Å². The molecule has 0 aliphatic carbocycles. The van der Waals surface area contributed by atoms with Gasteiger partial charge in [-0.1, -0.05) is 12.1 Å². The molecule has 0 saturated carbocycles. The van der Waals surface area contributed by atoms with Crippen LogP contribution in [0.5, 0.6) is 0 Å². The number of anilines is 1. The second kappa shape index (κ2) is 8.32. The molecule has 0 radical (unpaired) electrons. The first-order valence-corrected chi connectivity index (χ1v) is 8.12. The molecule has 1 aromatic carbocycles. The molecule has 2 aromatic heterocycles. The van der Waals surface area contributed by atoms with Gasteiger partial charge < -0.3 is 15.1 Å². The van der Waals surface area contributed by atoms with Crippen LogP contribution in [0.4, 0.5) is 5.69 Å². The number of aliphatic hydroxyl groups excluding tert-OH is 2. The molecule has 6 heteroatoms. The second-order valence-electron chi connectivity index (χ2n) is 5.51. The van der Waals surface area contributed by atoms with Crippen molar-refractivity contribution in [2.24, 2.45) is 0 Å². The smallest absolute Gasteiger partial charge is 0.101 e. The molecule has 25 heavy (non-hydrogen) atoms. The predicted octanol–water partition coefficient (Wildman–Crippen LogP) is 2.00. The summed E-state index contributed by atoms with van der Waals surface area (Å²) in [5.74, 6) is 0. The van der Waals surface area contributed by atoms with Gasteiger partial charge in [-0.25, -0.2) is 0 Å². The molecule has 0 unspecified atom stereocenters. The Morgan fingerprint density at radius 1 is 0.760 bits per heavy atom. The average Bonchev–Trinajstić information content (AvgIpc) is 2.69. The normalized spacial score (nSPS) is 10.6. The molecule has 2 N–H and O–H groups in total. The molecule has 128 valence electrons. The highest BCUT2D eigenvalue weighted by molar-refractivity contribution is 5.80. The molecule has 0 atom stereocenters. The first kappa shape index (κ1) is 17.0. The van der Waals surface area contributed by atoms with Gasteiger partial charge in [0.1, 0.15) is 5.69 Å². The molecule has 0 aliphatic rings. The van der Waals surface area contributed by atoms with Crippen LogP contribution < -0.4 is 4.90 Å². The molecular formula is C19H20N4O2. The summed E-state index contributed by atoms with van der Waals surface area (Å²) in [4.78, 5) is 5.99. The van der Waals surface area contributed by atoms with E-state index >= 15 is 0 Å². The van der Waals surface area contributed by atoms with E-state index in [2.05, 4.69) is 15.2 Å². The van der Waals surface area contributed by atoms with E-state index in [4.69, 9.17) is 0 Å². The van der Waals surface area contributed by atoms with Gasteiger partial charge in [0.2, 0.25) is 0 Å². The highest BCUT2D eigenvalue weighted by Crippen LogP contribution is 2.30. The summed E-state index contributed by atoms with van der Waals surface area (Å²) in [5, 5.41) is 26.7. The van der Waals surface area contributed by atoms with Gasteiger partial charge in [-0.3, -0.25) is 4.98 Å². The van der Waals surface area contributed by atoms with Crippen molar-refractivity contribution in [3.05, 3.63) is 61.1 Å². The summed E-state index contributed by atoms with van der Waals surface area (Å²) in [6.45, 7) is 1.04. The summed E-state index contributed by atoms with van der Waals surface area (Å²) in [5.41, 5.74) is 4.73. The van der Waals surface area contributed by atoms with Gasteiger partial charge in [-0.05, 0) is 35.9 Å². The number of rotatable bonds is 7. The molecule has 3 aromatic rings. The standard InChI is InChI=1S/C19H20N4O2/c24-13-11-23(12-14-25)17-3-1-16(2-4-17)19-18(7-10-21-22-19)15-5-8-20-9-6-15/h1-10,24-25H,11-14H2. The number of hydrogen-bond acceptors (Lipinski definition) is 6. The zero-order valence-electron chi connectivity index (χ0n) is 13.8. The molecule has 0 saturated heterocycles. The topological polar surface area (TPSA) is 82.4 Å². The van der Waals surface area contributed by atoms with Gasteiger partial charge in [0.25, 0.3) is 0 Å². The van der Waals surface area contributed by atoms with Crippen LogP contribution in [0.3, 0.4) is 0 Å². The maximum Gasteiger partial charge on any atom is 0.101 e. The van der Waals surface area contributed by atoms with Gasteiger partial charge >= 0.3 is 0 Å². The van der Waals surface area contributed by atoms with Crippen molar-refractivity contribution in [1.82, 2.24) is 15.2 Å². The Morgan fingerprint density at radius 3 is 2.08 bits per heavy atom. The number of aromatic nitrogens is 3. The molecule has 0 aliphatic heterocycles. The maximum absolute atomic E-state index is 9.17. The van der Waals surface area contributed by atoms with Gasteiger partial charge in [-0.2, -0.15) is 5.10 Å². The largest absolute Gasteiger partial charge is 0.395 e. The van der Waals surface area contributed by atoms with E-state index in [1.165, 1.54) is 0 Å². The number of aliphatic hydroxyl groups is 2. The first-order valence-electron chi connectivity index (χ1n) is 8.12. The predicted molar refractivity (Wildman–Crippen MR) is 97.1 cm³/mol. The Balaban J connectivity index is 1.93. The first-order chi connectivity index (χ1) is 12.3. The van der Waals surface area contributed by atoms with E-state index in [1.807, 2.05) is 47.4 Å². The van der Waals surface area contributed by atoms with Crippen LogP contribution in [0, 0.1) is 0 Å². The van der Waals surface area contributed by atoms with Crippen molar-refractivity contribution >= 4 is 5.69 Å². The van der Waals surface area contributed by atoms with E-state index in [-0.39, 0.29) is 13.2 Å². The third-order valence-electron chi connectivity index (χ3n) is 3.96. The monoisotopic (exact) mass is 336 g/mol. The molecule has 0 amide bonds. The van der Waals surface area contributed by atoms with Gasteiger partial charge in [0, 0.05) is 42.3 Å². The molecular weight excluding hydrogens is 316 g/mol. The molecule has 0 fully saturated rings. The van der Waals surface area contributed by atoms with Crippen LogP contribution in [0.2, 0.25) is 0 Å². The summed E-state index contributed by atoms with van der Waals surface area (Å²) in [6.07, 6.45) is 5.19. The van der Waals surface area contributed by atoms with Crippen molar-refractivity contribution in [2.45, 2.75) is 0 Å².